The number of halogens is 2. The molecule has 21 heavy (non-hydrogen) atoms. The summed E-state index contributed by atoms with van der Waals surface area (Å²) in [6.07, 6.45) is 0.656. The van der Waals surface area contributed by atoms with E-state index in [2.05, 4.69) is 4.74 Å². The molecule has 5 nitrogen and oxygen atoms in total. The Morgan fingerprint density at radius 3 is 2.86 bits per heavy atom. The highest BCUT2D eigenvalue weighted by Crippen LogP contribution is 2.23. The van der Waals surface area contributed by atoms with Crippen molar-refractivity contribution in [3.8, 4) is 5.75 Å². The van der Waals surface area contributed by atoms with E-state index >= 15 is 0 Å². The summed E-state index contributed by atoms with van der Waals surface area (Å²) in [5, 5.41) is 8.75. The molecular weight excluding hydrogens is 284 g/mol. The van der Waals surface area contributed by atoms with Gasteiger partial charge in [0.1, 0.15) is 5.75 Å². The largest absolute Gasteiger partial charge is 0.481 e. The molecule has 0 aliphatic carbocycles. The Kier molecular flexibility index (Phi) is 4.72. The van der Waals surface area contributed by atoms with Crippen LogP contribution < -0.4 is 4.74 Å². The van der Waals surface area contributed by atoms with Crippen molar-refractivity contribution in [2.45, 2.75) is 19.5 Å². The Morgan fingerprint density at radius 1 is 1.43 bits per heavy atom. The molecule has 1 aliphatic rings. The molecule has 1 saturated heterocycles. The first-order valence-corrected chi connectivity index (χ1v) is 6.51. The van der Waals surface area contributed by atoms with Crippen molar-refractivity contribution in [2.75, 3.05) is 13.1 Å². The number of nitrogens with zero attached hydrogens (tertiary/aromatic N) is 1. The molecule has 7 heteroatoms. The minimum atomic E-state index is -2.94. The first kappa shape index (κ1) is 15.2. The van der Waals surface area contributed by atoms with Crippen LogP contribution in [-0.2, 0) is 4.79 Å². The number of carboxylic acids is 1. The predicted octanol–water partition coefficient (Wildman–Crippen LogP) is 2.22. The average Bonchev–Trinajstić information content (AvgIpc) is 2.85. The molecule has 0 aromatic heterocycles. The first-order chi connectivity index (χ1) is 9.95. The summed E-state index contributed by atoms with van der Waals surface area (Å²) in [6, 6.07) is 5.60. The summed E-state index contributed by atoms with van der Waals surface area (Å²) in [6.45, 7) is -2.11. The lowest BCUT2D eigenvalue weighted by Crippen LogP contribution is -2.29. The maximum atomic E-state index is 12.3. The lowest BCUT2D eigenvalue weighted by Gasteiger charge is -2.16. The van der Waals surface area contributed by atoms with E-state index in [-0.39, 0.29) is 29.6 Å². The molecule has 0 bridgehead atoms. The summed E-state index contributed by atoms with van der Waals surface area (Å²) < 4.78 is 28.6. The Labute approximate surface area is 120 Å². The fourth-order valence-corrected chi connectivity index (χ4v) is 2.42. The number of ether oxygens (including phenoxy) is 1. The van der Waals surface area contributed by atoms with Crippen LogP contribution in [0.2, 0.25) is 0 Å². The Hall–Kier alpha value is -2.18. The highest BCUT2D eigenvalue weighted by molar-refractivity contribution is 5.94. The third-order valence-corrected chi connectivity index (χ3v) is 3.34. The van der Waals surface area contributed by atoms with E-state index in [1.54, 1.807) is 0 Å². The van der Waals surface area contributed by atoms with Gasteiger partial charge in [-0.3, -0.25) is 9.59 Å². The monoisotopic (exact) mass is 299 g/mol. The topological polar surface area (TPSA) is 66.8 Å². The van der Waals surface area contributed by atoms with Gasteiger partial charge < -0.3 is 14.7 Å². The number of benzene rings is 1. The molecular formula is C14H15F2NO4. The molecule has 1 fully saturated rings. The normalized spacial score (nSPS) is 18.0. The number of carbonyl (C=O) groups is 2. The van der Waals surface area contributed by atoms with Crippen molar-refractivity contribution < 1.29 is 28.2 Å². The minimum Gasteiger partial charge on any atom is -0.481 e. The lowest BCUT2D eigenvalue weighted by molar-refractivity contribution is -0.138. The fraction of sp³-hybridized carbons (Fsp3) is 0.429. The number of amides is 1. The molecule has 1 unspecified atom stereocenters. The van der Waals surface area contributed by atoms with Gasteiger partial charge in [0.25, 0.3) is 5.91 Å². The van der Waals surface area contributed by atoms with Crippen molar-refractivity contribution in [1.82, 2.24) is 4.90 Å². The second-order valence-corrected chi connectivity index (χ2v) is 4.91. The highest BCUT2D eigenvalue weighted by atomic mass is 19.3. The van der Waals surface area contributed by atoms with Crippen molar-refractivity contribution in [2.24, 2.45) is 5.92 Å². The van der Waals surface area contributed by atoms with Crippen LogP contribution in [0.25, 0.3) is 0 Å². The van der Waals surface area contributed by atoms with Gasteiger partial charge in [-0.1, -0.05) is 6.07 Å². The third-order valence-electron chi connectivity index (χ3n) is 3.34. The molecule has 1 aromatic rings. The van der Waals surface area contributed by atoms with Gasteiger partial charge in [-0.15, -0.1) is 0 Å². The molecule has 1 amide bonds. The van der Waals surface area contributed by atoms with Crippen molar-refractivity contribution in [1.29, 1.82) is 0 Å². The van der Waals surface area contributed by atoms with Crippen molar-refractivity contribution >= 4 is 11.9 Å². The van der Waals surface area contributed by atoms with Gasteiger partial charge in [0, 0.05) is 25.1 Å². The number of aliphatic carboxylic acids is 1. The summed E-state index contributed by atoms with van der Waals surface area (Å²) in [5.41, 5.74) is 0.254. The maximum Gasteiger partial charge on any atom is 0.387 e. The summed E-state index contributed by atoms with van der Waals surface area (Å²) in [5.74, 6) is -1.33. The molecule has 1 aromatic carbocycles. The zero-order valence-electron chi connectivity index (χ0n) is 11.2. The van der Waals surface area contributed by atoms with Gasteiger partial charge in [0.05, 0.1) is 0 Å². The van der Waals surface area contributed by atoms with Crippen LogP contribution in [0, 0.1) is 5.92 Å². The van der Waals surface area contributed by atoms with Crippen LogP contribution in [-0.4, -0.2) is 41.6 Å². The number of alkyl halides is 2. The molecule has 2 rings (SSSR count). The number of carbonyl (C=O) groups excluding carboxylic acids is 1. The van der Waals surface area contributed by atoms with Gasteiger partial charge >= 0.3 is 12.6 Å². The van der Waals surface area contributed by atoms with Crippen LogP contribution in [0.1, 0.15) is 23.2 Å². The van der Waals surface area contributed by atoms with Crippen molar-refractivity contribution in [3.05, 3.63) is 29.8 Å². The fourth-order valence-electron chi connectivity index (χ4n) is 2.42. The van der Waals surface area contributed by atoms with Crippen LogP contribution in [0.4, 0.5) is 8.78 Å². The molecule has 1 atom stereocenters. The van der Waals surface area contributed by atoms with E-state index in [1.807, 2.05) is 0 Å². The second-order valence-electron chi connectivity index (χ2n) is 4.91. The molecule has 1 heterocycles. The Bertz CT molecular complexity index is 535. The number of carboxylic acid groups (broad SMARTS) is 1. The highest BCUT2D eigenvalue weighted by Gasteiger charge is 2.28. The zero-order chi connectivity index (χ0) is 15.4. The smallest absolute Gasteiger partial charge is 0.387 e. The molecule has 1 N–H and O–H groups in total. The SMILES string of the molecule is O=C(O)CC1CCN(C(=O)c2cccc(OC(F)F)c2)C1. The van der Waals surface area contributed by atoms with Crippen LogP contribution >= 0.6 is 0 Å². The van der Waals surface area contributed by atoms with Crippen LogP contribution in [0.3, 0.4) is 0 Å². The average molecular weight is 299 g/mol. The summed E-state index contributed by atoms with van der Waals surface area (Å²) in [7, 11) is 0. The molecule has 114 valence electrons. The second kappa shape index (κ2) is 6.51. The van der Waals surface area contributed by atoms with Crippen molar-refractivity contribution in [3.63, 3.8) is 0 Å². The quantitative estimate of drug-likeness (QED) is 0.905. The van der Waals surface area contributed by atoms with E-state index in [4.69, 9.17) is 5.11 Å². The molecule has 0 spiro atoms. The van der Waals surface area contributed by atoms with Gasteiger partial charge in [-0.25, -0.2) is 0 Å². The van der Waals surface area contributed by atoms with Gasteiger partial charge in [-0.2, -0.15) is 8.78 Å². The predicted molar refractivity (Wildman–Crippen MR) is 69.3 cm³/mol. The lowest BCUT2D eigenvalue weighted by atomic mass is 10.1. The minimum absolute atomic E-state index is 0.0261. The van der Waals surface area contributed by atoms with E-state index < -0.39 is 12.6 Å². The van der Waals surface area contributed by atoms with Gasteiger partial charge in [0.2, 0.25) is 0 Å². The number of hydrogen-bond acceptors (Lipinski definition) is 3. The Morgan fingerprint density at radius 2 is 2.19 bits per heavy atom. The third kappa shape index (κ3) is 4.14. The van der Waals surface area contributed by atoms with E-state index in [1.165, 1.54) is 29.2 Å². The maximum absolute atomic E-state index is 12.3. The molecule has 1 aliphatic heterocycles. The van der Waals surface area contributed by atoms with Gasteiger partial charge in [-0.05, 0) is 30.5 Å². The van der Waals surface area contributed by atoms with E-state index in [0.29, 0.717) is 19.5 Å². The first-order valence-electron chi connectivity index (χ1n) is 6.51. The standard InChI is InChI=1S/C14H15F2NO4/c15-14(16)21-11-3-1-2-10(7-11)13(20)17-5-4-9(8-17)6-12(18)19/h1-3,7,9,14H,4-6,8H2,(H,18,19). The number of likely N-dealkylation sites (tertiary alicyclic amines) is 1. The van der Waals surface area contributed by atoms with E-state index in [9.17, 15) is 18.4 Å². The van der Waals surface area contributed by atoms with Gasteiger partial charge in [0.15, 0.2) is 0 Å². The molecule has 0 radical (unpaired) electrons. The summed E-state index contributed by atoms with van der Waals surface area (Å²) >= 11 is 0. The Balaban J connectivity index is 2.02. The number of hydrogen-bond donors (Lipinski definition) is 1. The zero-order valence-corrected chi connectivity index (χ0v) is 11.2. The molecule has 0 saturated carbocycles. The summed E-state index contributed by atoms with van der Waals surface area (Å²) in [4.78, 5) is 24.4. The van der Waals surface area contributed by atoms with Crippen LogP contribution in [0.5, 0.6) is 5.75 Å². The number of rotatable bonds is 5. The van der Waals surface area contributed by atoms with Crippen LogP contribution in [0.15, 0.2) is 24.3 Å². The van der Waals surface area contributed by atoms with E-state index in [0.717, 1.165) is 0 Å².